The summed E-state index contributed by atoms with van der Waals surface area (Å²) in [7, 11) is 1.83. The first-order chi connectivity index (χ1) is 7.22. The van der Waals surface area contributed by atoms with Crippen LogP contribution in [0, 0.1) is 0 Å². The Morgan fingerprint density at radius 1 is 1.53 bits per heavy atom. The van der Waals surface area contributed by atoms with Crippen LogP contribution >= 0.6 is 0 Å². The number of carbonyl (C=O) groups excluding carboxylic acids is 1. The lowest BCUT2D eigenvalue weighted by molar-refractivity contribution is 0.0528. The molecular formula is C11H12N2O2. The van der Waals surface area contributed by atoms with E-state index in [0.717, 1.165) is 5.39 Å². The smallest absolute Gasteiger partial charge is 0.340 e. The van der Waals surface area contributed by atoms with E-state index < -0.39 is 0 Å². The van der Waals surface area contributed by atoms with Crippen LogP contribution in [0.15, 0.2) is 24.4 Å². The van der Waals surface area contributed by atoms with Gasteiger partial charge in [0, 0.05) is 18.6 Å². The first-order valence-electron chi connectivity index (χ1n) is 4.82. The van der Waals surface area contributed by atoms with E-state index >= 15 is 0 Å². The maximum Gasteiger partial charge on any atom is 0.340 e. The minimum atomic E-state index is -0.318. The molecule has 1 heterocycles. The van der Waals surface area contributed by atoms with Gasteiger partial charge in [0.1, 0.15) is 5.52 Å². The Kier molecular flexibility index (Phi) is 2.41. The van der Waals surface area contributed by atoms with Crippen molar-refractivity contribution in [3.63, 3.8) is 0 Å². The van der Waals surface area contributed by atoms with Crippen LogP contribution in [0.1, 0.15) is 17.3 Å². The summed E-state index contributed by atoms with van der Waals surface area (Å²) in [5, 5.41) is 5.18. The van der Waals surface area contributed by atoms with Gasteiger partial charge < -0.3 is 4.74 Å². The molecule has 0 aliphatic rings. The molecule has 78 valence electrons. The van der Waals surface area contributed by atoms with Crippen molar-refractivity contribution in [1.82, 2.24) is 9.78 Å². The summed E-state index contributed by atoms with van der Waals surface area (Å²) >= 11 is 0. The van der Waals surface area contributed by atoms with Gasteiger partial charge in [0.05, 0.1) is 12.2 Å². The summed E-state index contributed by atoms with van der Waals surface area (Å²) in [4.78, 5) is 11.6. The third kappa shape index (κ3) is 1.70. The molecular weight excluding hydrogens is 192 g/mol. The molecule has 15 heavy (non-hydrogen) atoms. The van der Waals surface area contributed by atoms with E-state index in [2.05, 4.69) is 5.10 Å². The number of rotatable bonds is 2. The molecule has 0 saturated heterocycles. The van der Waals surface area contributed by atoms with E-state index in [4.69, 9.17) is 4.74 Å². The molecule has 2 rings (SSSR count). The Labute approximate surface area is 87.5 Å². The van der Waals surface area contributed by atoms with E-state index in [9.17, 15) is 4.79 Å². The zero-order valence-electron chi connectivity index (χ0n) is 8.73. The molecule has 0 amide bonds. The van der Waals surface area contributed by atoms with Gasteiger partial charge >= 0.3 is 5.97 Å². The van der Waals surface area contributed by atoms with Crippen LogP contribution in [0.4, 0.5) is 0 Å². The predicted molar refractivity (Wildman–Crippen MR) is 56.7 cm³/mol. The summed E-state index contributed by atoms with van der Waals surface area (Å²) in [6.07, 6.45) is 1.87. The second kappa shape index (κ2) is 3.73. The van der Waals surface area contributed by atoms with Gasteiger partial charge in [0.2, 0.25) is 0 Å². The number of aryl methyl sites for hydroxylation is 1. The zero-order valence-corrected chi connectivity index (χ0v) is 8.73. The number of carbonyl (C=O) groups is 1. The first-order valence-corrected chi connectivity index (χ1v) is 4.82. The third-order valence-corrected chi connectivity index (χ3v) is 2.15. The zero-order chi connectivity index (χ0) is 10.8. The molecule has 1 aromatic carbocycles. The highest BCUT2D eigenvalue weighted by molar-refractivity contribution is 6.02. The normalized spacial score (nSPS) is 10.5. The number of nitrogens with zero attached hydrogens (tertiary/aromatic N) is 2. The molecule has 1 aromatic heterocycles. The number of benzene rings is 1. The molecule has 0 radical (unpaired) electrons. The molecule has 0 aliphatic heterocycles. The van der Waals surface area contributed by atoms with Crippen molar-refractivity contribution in [2.24, 2.45) is 7.05 Å². The summed E-state index contributed by atoms with van der Waals surface area (Å²) in [6, 6.07) is 5.48. The summed E-state index contributed by atoms with van der Waals surface area (Å²) in [6.45, 7) is 2.17. The van der Waals surface area contributed by atoms with E-state index in [1.807, 2.05) is 25.4 Å². The minimum Gasteiger partial charge on any atom is -0.462 e. The number of ether oxygens (including phenoxy) is 1. The quantitative estimate of drug-likeness (QED) is 0.700. The second-order valence-corrected chi connectivity index (χ2v) is 3.27. The van der Waals surface area contributed by atoms with Crippen molar-refractivity contribution in [2.45, 2.75) is 6.92 Å². The van der Waals surface area contributed by atoms with Crippen molar-refractivity contribution in [3.05, 3.63) is 30.0 Å². The largest absolute Gasteiger partial charge is 0.462 e. The Morgan fingerprint density at radius 3 is 3.07 bits per heavy atom. The summed E-state index contributed by atoms with van der Waals surface area (Å²) in [5.74, 6) is -0.318. The fourth-order valence-electron chi connectivity index (χ4n) is 1.54. The standard InChI is InChI=1S/C11H12N2O2/c1-3-15-11(14)9-6-4-5-8-7-13(2)12-10(8)9/h4-7H,3H2,1-2H3. The Bertz CT molecular complexity index is 502. The number of hydrogen-bond acceptors (Lipinski definition) is 3. The maximum absolute atomic E-state index is 11.6. The molecule has 0 aliphatic carbocycles. The summed E-state index contributed by atoms with van der Waals surface area (Å²) in [5.41, 5.74) is 1.22. The Balaban J connectivity index is 2.55. The van der Waals surface area contributed by atoms with Crippen molar-refractivity contribution in [2.75, 3.05) is 6.61 Å². The fraction of sp³-hybridized carbons (Fsp3) is 0.273. The van der Waals surface area contributed by atoms with Gasteiger partial charge in [-0.25, -0.2) is 4.79 Å². The van der Waals surface area contributed by atoms with Crippen molar-refractivity contribution < 1.29 is 9.53 Å². The molecule has 4 heteroatoms. The highest BCUT2D eigenvalue weighted by atomic mass is 16.5. The molecule has 0 atom stereocenters. The summed E-state index contributed by atoms with van der Waals surface area (Å²) < 4.78 is 6.64. The minimum absolute atomic E-state index is 0.318. The number of esters is 1. The monoisotopic (exact) mass is 204 g/mol. The molecule has 0 saturated carbocycles. The van der Waals surface area contributed by atoms with Crippen LogP contribution in [0.5, 0.6) is 0 Å². The molecule has 0 spiro atoms. The third-order valence-electron chi connectivity index (χ3n) is 2.15. The van der Waals surface area contributed by atoms with Gasteiger partial charge in [-0.1, -0.05) is 12.1 Å². The van der Waals surface area contributed by atoms with Crippen LogP contribution in [-0.2, 0) is 11.8 Å². The van der Waals surface area contributed by atoms with Crippen LogP contribution in [-0.4, -0.2) is 22.4 Å². The van der Waals surface area contributed by atoms with Gasteiger partial charge in [-0.05, 0) is 13.0 Å². The molecule has 0 unspecified atom stereocenters. The molecule has 4 nitrogen and oxygen atoms in total. The van der Waals surface area contributed by atoms with Crippen LogP contribution < -0.4 is 0 Å². The Hall–Kier alpha value is -1.84. The molecule has 2 aromatic rings. The van der Waals surface area contributed by atoms with Gasteiger partial charge in [-0.15, -0.1) is 0 Å². The highest BCUT2D eigenvalue weighted by Crippen LogP contribution is 2.17. The Morgan fingerprint density at radius 2 is 2.33 bits per heavy atom. The lowest BCUT2D eigenvalue weighted by atomic mass is 10.1. The van der Waals surface area contributed by atoms with Crippen molar-refractivity contribution >= 4 is 16.9 Å². The number of hydrogen-bond donors (Lipinski definition) is 0. The van der Waals surface area contributed by atoms with Gasteiger partial charge in [0.25, 0.3) is 0 Å². The van der Waals surface area contributed by atoms with E-state index in [0.29, 0.717) is 17.7 Å². The molecule has 0 fully saturated rings. The van der Waals surface area contributed by atoms with Gasteiger partial charge in [0.15, 0.2) is 0 Å². The second-order valence-electron chi connectivity index (χ2n) is 3.27. The average Bonchev–Trinajstić information content (AvgIpc) is 2.57. The van der Waals surface area contributed by atoms with E-state index in [1.54, 1.807) is 17.7 Å². The SMILES string of the molecule is CCOC(=O)c1cccc2cn(C)nc12. The number of aromatic nitrogens is 2. The fourth-order valence-corrected chi connectivity index (χ4v) is 1.54. The highest BCUT2D eigenvalue weighted by Gasteiger charge is 2.12. The first kappa shape index (κ1) is 9.71. The topological polar surface area (TPSA) is 44.1 Å². The lowest BCUT2D eigenvalue weighted by Crippen LogP contribution is -2.05. The lowest BCUT2D eigenvalue weighted by Gasteiger charge is -2.01. The number of fused-ring (bicyclic) bond motifs is 1. The molecule has 0 bridgehead atoms. The van der Waals surface area contributed by atoms with E-state index in [1.165, 1.54) is 0 Å². The maximum atomic E-state index is 11.6. The van der Waals surface area contributed by atoms with Crippen LogP contribution in [0.25, 0.3) is 10.9 Å². The van der Waals surface area contributed by atoms with Crippen molar-refractivity contribution in [1.29, 1.82) is 0 Å². The van der Waals surface area contributed by atoms with Crippen molar-refractivity contribution in [3.8, 4) is 0 Å². The average molecular weight is 204 g/mol. The van der Waals surface area contributed by atoms with Crippen LogP contribution in [0.2, 0.25) is 0 Å². The van der Waals surface area contributed by atoms with E-state index in [-0.39, 0.29) is 5.97 Å². The van der Waals surface area contributed by atoms with Gasteiger partial charge in [-0.3, -0.25) is 4.68 Å². The molecule has 0 N–H and O–H groups in total. The predicted octanol–water partition coefficient (Wildman–Crippen LogP) is 1.75. The van der Waals surface area contributed by atoms with Crippen LogP contribution in [0.3, 0.4) is 0 Å². The van der Waals surface area contributed by atoms with Gasteiger partial charge in [-0.2, -0.15) is 5.10 Å².